The first kappa shape index (κ1) is 22.7. The summed E-state index contributed by atoms with van der Waals surface area (Å²) < 4.78 is 13.2. The maximum atomic E-state index is 12.9. The largest absolute Gasteiger partial charge is 0.497 e. The van der Waals surface area contributed by atoms with Crippen LogP contribution in [0.4, 0.5) is 0 Å². The van der Waals surface area contributed by atoms with Crippen molar-refractivity contribution in [3.05, 3.63) is 83.2 Å². The molecule has 3 aromatic rings. The molecule has 1 N–H and O–H groups in total. The summed E-state index contributed by atoms with van der Waals surface area (Å²) in [5.74, 6) is 1.02. The number of thioether (sulfide) groups is 1. The smallest absolute Gasteiger partial charge is 0.283 e. The Kier molecular flexibility index (Phi) is 6.00. The number of aromatic nitrogens is 1. The topological polar surface area (TPSA) is 92.3 Å². The highest BCUT2D eigenvalue weighted by Gasteiger charge is 2.36. The lowest BCUT2D eigenvalue weighted by Gasteiger charge is -2.20. The number of amides is 1. The van der Waals surface area contributed by atoms with Crippen LogP contribution in [0.1, 0.15) is 17.0 Å². The number of para-hydroxylation sites is 1. The number of hydrogen-bond donors (Lipinski definition) is 1. The summed E-state index contributed by atoms with van der Waals surface area (Å²) in [7, 11) is 1.64. The van der Waals surface area contributed by atoms with E-state index in [0.717, 1.165) is 34.1 Å². The number of benzene rings is 2. The van der Waals surface area contributed by atoms with Crippen LogP contribution < -0.4 is 9.47 Å². The fourth-order valence-corrected chi connectivity index (χ4v) is 4.79. The first-order chi connectivity index (χ1) is 16.9. The molecule has 9 heteroatoms. The molecule has 3 heterocycles. The molecular weight excluding hydrogens is 462 g/mol. The normalized spacial score (nSPS) is 16.3. The van der Waals surface area contributed by atoms with Gasteiger partial charge in [-0.2, -0.15) is 15.1 Å². The second-order valence-electron chi connectivity index (χ2n) is 7.98. The van der Waals surface area contributed by atoms with Crippen LogP contribution in [0.3, 0.4) is 0 Å². The number of rotatable bonds is 6. The first-order valence-corrected chi connectivity index (χ1v) is 11.8. The van der Waals surface area contributed by atoms with Gasteiger partial charge >= 0.3 is 0 Å². The Morgan fingerprint density at radius 1 is 1.06 bits per heavy atom. The fraction of sp³-hybridized carbons (Fsp3) is 0.154. The summed E-state index contributed by atoms with van der Waals surface area (Å²) in [5.41, 5.74) is 3.92. The number of nitrogens with zero attached hydrogens (tertiary/aromatic N) is 4. The third-order valence-electron chi connectivity index (χ3n) is 5.68. The SMILES string of the molecule is COc1cccc(-n2c(C)cc(/C=C3/C(=N)N4N=C(COc5ccccc5)SC4=NC3=O)c2C)c1. The number of hydrogen-bond acceptors (Lipinski definition) is 6. The molecule has 0 unspecified atom stereocenters. The Morgan fingerprint density at radius 3 is 2.60 bits per heavy atom. The molecule has 2 aromatic carbocycles. The molecule has 0 aliphatic carbocycles. The summed E-state index contributed by atoms with van der Waals surface area (Å²) in [6, 6.07) is 19.2. The van der Waals surface area contributed by atoms with Crippen molar-refractivity contribution in [2.24, 2.45) is 10.1 Å². The summed E-state index contributed by atoms with van der Waals surface area (Å²) in [6.07, 6.45) is 1.71. The minimum Gasteiger partial charge on any atom is -0.497 e. The molecule has 8 nitrogen and oxygen atoms in total. The lowest BCUT2D eigenvalue weighted by atomic mass is 10.1. The molecule has 1 amide bonds. The van der Waals surface area contributed by atoms with Crippen LogP contribution in [-0.4, -0.2) is 45.2 Å². The van der Waals surface area contributed by atoms with Crippen molar-refractivity contribution < 1.29 is 14.3 Å². The van der Waals surface area contributed by atoms with Gasteiger partial charge in [0.25, 0.3) is 5.91 Å². The molecule has 0 saturated carbocycles. The number of carbonyl (C=O) groups excluding carboxylic acids is 1. The maximum Gasteiger partial charge on any atom is 0.283 e. The van der Waals surface area contributed by atoms with E-state index in [-0.39, 0.29) is 18.0 Å². The van der Waals surface area contributed by atoms with Gasteiger partial charge in [0.1, 0.15) is 23.1 Å². The van der Waals surface area contributed by atoms with Crippen molar-refractivity contribution in [2.45, 2.75) is 13.8 Å². The minimum atomic E-state index is -0.458. The number of nitrogens with one attached hydrogen (secondary N) is 1. The number of fused-ring (bicyclic) bond motifs is 1. The Labute approximate surface area is 207 Å². The van der Waals surface area contributed by atoms with E-state index in [4.69, 9.17) is 14.9 Å². The average Bonchev–Trinajstić information content (AvgIpc) is 3.40. The summed E-state index contributed by atoms with van der Waals surface area (Å²) in [4.78, 5) is 17.0. The molecular formula is C26H23N5O3S. The van der Waals surface area contributed by atoms with Crippen LogP contribution in [0.25, 0.3) is 11.8 Å². The quantitative estimate of drug-likeness (QED) is 0.507. The van der Waals surface area contributed by atoms with E-state index < -0.39 is 5.91 Å². The Balaban J connectivity index is 1.41. The summed E-state index contributed by atoms with van der Waals surface area (Å²) >= 11 is 1.24. The Hall–Kier alpha value is -4.11. The van der Waals surface area contributed by atoms with Gasteiger partial charge in [0.15, 0.2) is 5.84 Å². The van der Waals surface area contributed by atoms with Crippen molar-refractivity contribution in [1.82, 2.24) is 9.58 Å². The molecule has 176 valence electrons. The van der Waals surface area contributed by atoms with Crippen LogP contribution >= 0.6 is 11.8 Å². The van der Waals surface area contributed by atoms with E-state index >= 15 is 0 Å². The van der Waals surface area contributed by atoms with Crippen molar-refractivity contribution in [2.75, 3.05) is 13.7 Å². The van der Waals surface area contributed by atoms with E-state index in [2.05, 4.69) is 14.7 Å². The predicted octanol–water partition coefficient (Wildman–Crippen LogP) is 4.80. The van der Waals surface area contributed by atoms with Gasteiger partial charge in [0, 0.05) is 23.1 Å². The standard InChI is InChI=1S/C26H23N5O3S/c1-16-12-18(17(2)30(16)19-8-7-11-21(14-19)33-3)13-22-24(27)31-26(28-25(22)32)35-23(29-31)15-34-20-9-5-4-6-10-20/h4-14,27H,15H2,1-3H3/b22-13-,27-24?. The van der Waals surface area contributed by atoms with Crippen molar-refractivity contribution in [3.63, 3.8) is 0 Å². The zero-order valence-electron chi connectivity index (χ0n) is 19.5. The van der Waals surface area contributed by atoms with Gasteiger partial charge in [-0.25, -0.2) is 0 Å². The average molecular weight is 486 g/mol. The highest BCUT2D eigenvalue weighted by Crippen LogP contribution is 2.30. The number of ether oxygens (including phenoxy) is 2. The van der Waals surface area contributed by atoms with E-state index in [1.54, 1.807) is 13.2 Å². The zero-order chi connectivity index (χ0) is 24.5. The Bertz CT molecular complexity index is 1420. The molecule has 0 radical (unpaired) electrons. The molecule has 1 aromatic heterocycles. The minimum absolute atomic E-state index is 0.00612. The highest BCUT2D eigenvalue weighted by molar-refractivity contribution is 8.27. The van der Waals surface area contributed by atoms with Crippen LogP contribution in [0.2, 0.25) is 0 Å². The molecule has 2 aliphatic rings. The lowest BCUT2D eigenvalue weighted by molar-refractivity contribution is -0.114. The van der Waals surface area contributed by atoms with E-state index in [1.165, 1.54) is 16.8 Å². The van der Waals surface area contributed by atoms with Crippen LogP contribution in [0.15, 0.2) is 76.3 Å². The molecule has 35 heavy (non-hydrogen) atoms. The number of hydrazone groups is 1. The fourth-order valence-electron chi connectivity index (χ4n) is 3.99. The molecule has 0 saturated heterocycles. The molecule has 0 fully saturated rings. The van der Waals surface area contributed by atoms with Gasteiger partial charge in [-0.15, -0.1) is 0 Å². The number of aryl methyl sites for hydroxylation is 1. The first-order valence-electron chi connectivity index (χ1n) is 10.9. The van der Waals surface area contributed by atoms with E-state index in [0.29, 0.717) is 10.2 Å². The second kappa shape index (κ2) is 9.27. The van der Waals surface area contributed by atoms with Crippen molar-refractivity contribution in [3.8, 4) is 17.2 Å². The number of amidine groups is 2. The van der Waals surface area contributed by atoms with E-state index in [1.807, 2.05) is 74.5 Å². The number of carbonyl (C=O) groups is 1. The van der Waals surface area contributed by atoms with Gasteiger partial charge in [0.05, 0.1) is 12.7 Å². The zero-order valence-corrected chi connectivity index (χ0v) is 20.3. The number of aliphatic imine (C=N–C) groups is 1. The van der Waals surface area contributed by atoms with Gasteiger partial charge in [-0.3, -0.25) is 10.2 Å². The van der Waals surface area contributed by atoms with Crippen molar-refractivity contribution in [1.29, 1.82) is 5.41 Å². The molecule has 5 rings (SSSR count). The second-order valence-corrected chi connectivity index (χ2v) is 9.02. The van der Waals surface area contributed by atoms with Crippen LogP contribution in [-0.2, 0) is 4.79 Å². The van der Waals surface area contributed by atoms with E-state index in [9.17, 15) is 4.79 Å². The lowest BCUT2D eigenvalue weighted by Crippen LogP contribution is -2.35. The highest BCUT2D eigenvalue weighted by atomic mass is 32.2. The third-order valence-corrected chi connectivity index (χ3v) is 6.57. The molecule has 0 spiro atoms. The van der Waals surface area contributed by atoms with Crippen LogP contribution in [0, 0.1) is 19.3 Å². The molecule has 0 atom stereocenters. The van der Waals surface area contributed by atoms with Gasteiger partial charge in [-0.1, -0.05) is 24.3 Å². The van der Waals surface area contributed by atoms with Crippen molar-refractivity contribution >= 4 is 39.8 Å². The maximum absolute atomic E-state index is 12.9. The van der Waals surface area contributed by atoms with Gasteiger partial charge < -0.3 is 14.0 Å². The summed E-state index contributed by atoms with van der Waals surface area (Å²) in [5, 5.41) is 15.5. The number of methoxy groups -OCH3 is 1. The summed E-state index contributed by atoms with van der Waals surface area (Å²) in [6.45, 7) is 4.21. The van der Waals surface area contributed by atoms with Gasteiger partial charge in [-0.05, 0) is 67.6 Å². The monoisotopic (exact) mass is 485 g/mol. The third kappa shape index (κ3) is 4.38. The molecule has 0 bridgehead atoms. The van der Waals surface area contributed by atoms with Crippen LogP contribution in [0.5, 0.6) is 11.5 Å². The molecule has 2 aliphatic heterocycles. The predicted molar refractivity (Wildman–Crippen MR) is 139 cm³/mol. The Morgan fingerprint density at radius 2 is 1.83 bits per heavy atom. The van der Waals surface area contributed by atoms with Gasteiger partial charge in [0.2, 0.25) is 5.17 Å².